The molecule has 1 aromatic carbocycles. The molecule has 2 unspecified atom stereocenters. The minimum atomic E-state index is -0.0787. The molecule has 0 spiro atoms. The predicted octanol–water partition coefficient (Wildman–Crippen LogP) is 5.57. The van der Waals surface area contributed by atoms with E-state index in [1.54, 1.807) is 0 Å². The van der Waals surface area contributed by atoms with E-state index in [4.69, 9.17) is 12.2 Å². The smallest absolute Gasteiger partial charge is 0.174 e. The highest BCUT2D eigenvalue weighted by atomic mass is 79.9. The number of hydrogen-bond acceptors (Lipinski definition) is 3. The fraction of sp³-hybridized carbons (Fsp3) is 0.160. The van der Waals surface area contributed by atoms with Crippen LogP contribution < -0.4 is 10.2 Å². The number of benzene rings is 1. The van der Waals surface area contributed by atoms with Crippen LogP contribution in [0.1, 0.15) is 34.7 Å². The summed E-state index contributed by atoms with van der Waals surface area (Å²) in [6, 6.07) is 22.5. The molecule has 7 heteroatoms. The Morgan fingerprint density at radius 1 is 1.00 bits per heavy atom. The third-order valence-electron chi connectivity index (χ3n) is 5.74. The van der Waals surface area contributed by atoms with Gasteiger partial charge in [0.05, 0.1) is 24.0 Å². The van der Waals surface area contributed by atoms with Gasteiger partial charge in [0.25, 0.3) is 0 Å². The average molecular weight is 504 g/mol. The van der Waals surface area contributed by atoms with E-state index in [0.29, 0.717) is 11.7 Å². The molecule has 5 rings (SSSR count). The van der Waals surface area contributed by atoms with Crippen LogP contribution in [-0.4, -0.2) is 19.6 Å². The van der Waals surface area contributed by atoms with Crippen molar-refractivity contribution in [1.82, 2.24) is 19.9 Å². The van der Waals surface area contributed by atoms with Crippen molar-refractivity contribution < 1.29 is 0 Å². The molecule has 32 heavy (non-hydrogen) atoms. The van der Waals surface area contributed by atoms with Crippen LogP contribution in [0.2, 0.25) is 0 Å². The largest absolute Gasteiger partial charge is 0.351 e. The first-order valence-electron chi connectivity index (χ1n) is 10.4. The Hall–Kier alpha value is -3.03. The fourth-order valence-corrected chi connectivity index (χ4v) is 4.81. The number of nitrogens with zero attached hydrogens (tertiary/aromatic N) is 4. The summed E-state index contributed by atoms with van der Waals surface area (Å²) in [5, 5.41) is 4.23. The van der Waals surface area contributed by atoms with Crippen molar-refractivity contribution in [2.24, 2.45) is 0 Å². The summed E-state index contributed by atoms with van der Waals surface area (Å²) < 4.78 is 3.33. The summed E-state index contributed by atoms with van der Waals surface area (Å²) in [7, 11) is 0. The lowest BCUT2D eigenvalue weighted by atomic mass is 10.0. The standard InChI is InChI=1S/C25H22BrN5S/c1-17-15-19(10-11-20(17)26)31-24(23(29-25(31)32)21-8-3-5-13-28-21)22-9-6-14-30(22)16-18-7-2-4-12-27-18/h2-15,23-24H,16H2,1H3,(H,29,32). The third kappa shape index (κ3) is 3.94. The quantitative estimate of drug-likeness (QED) is 0.360. The van der Waals surface area contributed by atoms with E-state index < -0.39 is 0 Å². The van der Waals surface area contributed by atoms with Gasteiger partial charge >= 0.3 is 0 Å². The molecule has 3 aromatic heterocycles. The third-order valence-corrected chi connectivity index (χ3v) is 6.95. The van der Waals surface area contributed by atoms with Gasteiger partial charge in [-0.1, -0.05) is 28.1 Å². The molecule has 1 aliphatic heterocycles. The van der Waals surface area contributed by atoms with Crippen molar-refractivity contribution in [3.63, 3.8) is 0 Å². The van der Waals surface area contributed by atoms with Gasteiger partial charge < -0.3 is 14.8 Å². The van der Waals surface area contributed by atoms with Gasteiger partial charge in [0.1, 0.15) is 6.04 Å². The van der Waals surface area contributed by atoms with Crippen LogP contribution in [0.15, 0.2) is 89.8 Å². The first-order valence-corrected chi connectivity index (χ1v) is 11.6. The van der Waals surface area contributed by atoms with Crippen LogP contribution in [0.4, 0.5) is 5.69 Å². The summed E-state index contributed by atoms with van der Waals surface area (Å²) in [6.07, 6.45) is 5.76. The molecule has 1 fully saturated rings. The van der Waals surface area contributed by atoms with E-state index in [9.17, 15) is 0 Å². The van der Waals surface area contributed by atoms with Crippen molar-refractivity contribution in [2.75, 3.05) is 4.90 Å². The Morgan fingerprint density at radius 3 is 2.53 bits per heavy atom. The van der Waals surface area contributed by atoms with Gasteiger partial charge in [0.15, 0.2) is 5.11 Å². The second-order valence-corrected chi connectivity index (χ2v) is 9.05. The lowest BCUT2D eigenvalue weighted by Crippen LogP contribution is -2.30. The van der Waals surface area contributed by atoms with Crippen molar-refractivity contribution in [1.29, 1.82) is 0 Å². The Bertz CT molecular complexity index is 1240. The second kappa shape index (κ2) is 8.84. The predicted molar refractivity (Wildman–Crippen MR) is 135 cm³/mol. The molecule has 0 bridgehead atoms. The summed E-state index contributed by atoms with van der Waals surface area (Å²) in [5.74, 6) is 0. The number of rotatable bonds is 5. The molecule has 5 nitrogen and oxygen atoms in total. The van der Waals surface area contributed by atoms with Crippen molar-refractivity contribution in [3.05, 3.63) is 112 Å². The summed E-state index contributed by atoms with van der Waals surface area (Å²) in [4.78, 5) is 11.4. The Kier molecular flexibility index (Phi) is 5.76. The van der Waals surface area contributed by atoms with Crippen LogP contribution in [0.5, 0.6) is 0 Å². The van der Waals surface area contributed by atoms with Crippen molar-refractivity contribution in [3.8, 4) is 0 Å². The van der Waals surface area contributed by atoms with Crippen molar-refractivity contribution in [2.45, 2.75) is 25.6 Å². The molecule has 0 saturated carbocycles. The normalized spacial score (nSPS) is 18.1. The molecule has 0 aliphatic carbocycles. The maximum atomic E-state index is 5.85. The molecule has 4 aromatic rings. The number of thiocarbonyl (C=S) groups is 1. The van der Waals surface area contributed by atoms with Crippen LogP contribution in [0.3, 0.4) is 0 Å². The molecule has 2 atom stereocenters. The summed E-state index contributed by atoms with van der Waals surface area (Å²) in [6.45, 7) is 2.78. The van der Waals surface area contributed by atoms with Crippen LogP contribution in [-0.2, 0) is 6.54 Å². The van der Waals surface area contributed by atoms with Crippen LogP contribution in [0.25, 0.3) is 0 Å². The summed E-state index contributed by atoms with van der Waals surface area (Å²) >= 11 is 9.47. The number of aromatic nitrogens is 3. The molecule has 160 valence electrons. The molecular weight excluding hydrogens is 482 g/mol. The first-order chi connectivity index (χ1) is 15.6. The van der Waals surface area contributed by atoms with Crippen molar-refractivity contribution >= 4 is 38.9 Å². The maximum absolute atomic E-state index is 5.85. The number of anilines is 1. The van der Waals surface area contributed by atoms with E-state index in [1.165, 1.54) is 0 Å². The molecule has 4 heterocycles. The van der Waals surface area contributed by atoms with E-state index in [-0.39, 0.29) is 12.1 Å². The van der Waals surface area contributed by atoms with Crippen LogP contribution >= 0.6 is 28.1 Å². The van der Waals surface area contributed by atoms with Crippen LogP contribution in [0, 0.1) is 6.92 Å². The van der Waals surface area contributed by atoms with Gasteiger partial charge in [-0.3, -0.25) is 9.97 Å². The molecule has 0 radical (unpaired) electrons. The zero-order chi connectivity index (χ0) is 22.1. The highest BCUT2D eigenvalue weighted by molar-refractivity contribution is 9.10. The highest BCUT2D eigenvalue weighted by Gasteiger charge is 2.42. The zero-order valence-corrected chi connectivity index (χ0v) is 19.9. The Balaban J connectivity index is 1.61. The van der Waals surface area contributed by atoms with Gasteiger partial charge in [-0.2, -0.15) is 0 Å². The van der Waals surface area contributed by atoms with Gasteiger partial charge in [-0.25, -0.2) is 0 Å². The monoisotopic (exact) mass is 503 g/mol. The van der Waals surface area contributed by atoms with E-state index in [2.05, 4.69) is 90.2 Å². The molecule has 0 amide bonds. The average Bonchev–Trinajstić information content (AvgIpc) is 3.40. The Morgan fingerprint density at radius 2 is 1.81 bits per heavy atom. The minimum Gasteiger partial charge on any atom is -0.351 e. The van der Waals surface area contributed by atoms with Gasteiger partial charge in [0.2, 0.25) is 0 Å². The highest BCUT2D eigenvalue weighted by Crippen LogP contribution is 2.42. The van der Waals surface area contributed by atoms with Gasteiger partial charge in [0, 0.05) is 34.4 Å². The Labute approximate surface area is 201 Å². The zero-order valence-electron chi connectivity index (χ0n) is 17.5. The first kappa shape index (κ1) is 20.8. The lowest BCUT2D eigenvalue weighted by Gasteiger charge is -2.29. The maximum Gasteiger partial charge on any atom is 0.174 e. The second-order valence-electron chi connectivity index (χ2n) is 7.81. The SMILES string of the molecule is Cc1cc(N2C(=S)NC(c3ccccn3)C2c2cccn2Cc2ccccn2)ccc1Br. The molecule has 1 aliphatic rings. The molecular formula is C25H22BrN5S. The van der Waals surface area contributed by atoms with Gasteiger partial charge in [-0.15, -0.1) is 0 Å². The number of aryl methyl sites for hydroxylation is 1. The number of nitrogens with one attached hydrogen (secondary N) is 1. The van der Waals surface area contributed by atoms with E-state index >= 15 is 0 Å². The van der Waals surface area contributed by atoms with E-state index in [0.717, 1.165) is 32.8 Å². The molecule has 1 N–H and O–H groups in total. The van der Waals surface area contributed by atoms with Gasteiger partial charge in [-0.05, 0) is 79.3 Å². The number of halogens is 1. The summed E-state index contributed by atoms with van der Waals surface area (Å²) in [5.41, 5.74) is 5.34. The minimum absolute atomic E-state index is 0.0586. The number of pyridine rings is 2. The van der Waals surface area contributed by atoms with E-state index in [1.807, 2.05) is 42.7 Å². The number of hydrogen-bond donors (Lipinski definition) is 1. The lowest BCUT2D eigenvalue weighted by molar-refractivity contribution is 0.532. The fourth-order valence-electron chi connectivity index (χ4n) is 4.22. The topological polar surface area (TPSA) is 46.0 Å². The molecule has 1 saturated heterocycles.